The Labute approximate surface area is 104 Å². The minimum Gasteiger partial charge on any atom is -0.393 e. The lowest BCUT2D eigenvalue weighted by Crippen LogP contribution is -2.37. The normalized spacial score (nSPS) is 28.7. The molecule has 0 spiro atoms. The van der Waals surface area contributed by atoms with Gasteiger partial charge in [-0.1, -0.05) is 6.07 Å². The van der Waals surface area contributed by atoms with Crippen molar-refractivity contribution in [3.05, 3.63) is 42.1 Å². The average Bonchev–Trinajstić information content (AvgIpc) is 2.91. The molecule has 2 heterocycles. The molecule has 3 atom stereocenters. The van der Waals surface area contributed by atoms with Crippen LogP contribution in [0.25, 0.3) is 11.3 Å². The maximum atomic E-state index is 13.4. The topological polar surface area (TPSA) is 38.1 Å². The monoisotopic (exact) mass is 244 g/mol. The summed E-state index contributed by atoms with van der Waals surface area (Å²) in [6.07, 6.45) is 5.18. The van der Waals surface area contributed by atoms with E-state index in [2.05, 4.69) is 9.55 Å². The maximum Gasteiger partial charge on any atom is 0.123 e. The summed E-state index contributed by atoms with van der Waals surface area (Å²) in [5.41, 5.74) is 2.97. The highest BCUT2D eigenvalue weighted by molar-refractivity contribution is 5.69. The van der Waals surface area contributed by atoms with E-state index >= 15 is 0 Å². The van der Waals surface area contributed by atoms with Gasteiger partial charge < -0.3 is 9.67 Å². The Morgan fingerprint density at radius 1 is 1.33 bits per heavy atom. The van der Waals surface area contributed by atoms with E-state index in [1.54, 1.807) is 18.6 Å². The number of halogens is 1. The van der Waals surface area contributed by atoms with Crippen LogP contribution in [0.1, 0.15) is 24.4 Å². The highest BCUT2D eigenvalue weighted by Crippen LogP contribution is 2.48. The third kappa shape index (κ3) is 1.18. The fourth-order valence-corrected chi connectivity index (χ4v) is 3.21. The van der Waals surface area contributed by atoms with Crippen molar-refractivity contribution >= 4 is 0 Å². The Morgan fingerprint density at radius 3 is 2.94 bits per heavy atom. The van der Waals surface area contributed by atoms with Gasteiger partial charge in [-0.3, -0.25) is 0 Å². The summed E-state index contributed by atoms with van der Waals surface area (Å²) in [7, 11) is 0. The van der Waals surface area contributed by atoms with Crippen molar-refractivity contribution in [2.75, 3.05) is 0 Å². The first-order chi connectivity index (χ1) is 8.75. The maximum absolute atomic E-state index is 13.4. The predicted molar refractivity (Wildman–Crippen MR) is 64.5 cm³/mol. The summed E-state index contributed by atoms with van der Waals surface area (Å²) in [5, 5.41) is 9.90. The van der Waals surface area contributed by atoms with Crippen molar-refractivity contribution in [1.82, 2.24) is 9.55 Å². The van der Waals surface area contributed by atoms with Crippen LogP contribution in [0.15, 0.2) is 30.7 Å². The van der Waals surface area contributed by atoms with Gasteiger partial charge >= 0.3 is 0 Å². The number of imidazole rings is 1. The Balaban J connectivity index is 1.91. The zero-order valence-corrected chi connectivity index (χ0v) is 9.75. The molecule has 2 aromatic rings. The fraction of sp³-hybridized carbons (Fsp3) is 0.357. The summed E-state index contributed by atoms with van der Waals surface area (Å²) >= 11 is 0. The van der Waals surface area contributed by atoms with E-state index < -0.39 is 0 Å². The van der Waals surface area contributed by atoms with Gasteiger partial charge in [0.2, 0.25) is 0 Å². The first-order valence-corrected chi connectivity index (χ1v) is 6.25. The predicted octanol–water partition coefficient (Wildman–Crippen LogP) is 2.36. The molecule has 4 heteroatoms. The van der Waals surface area contributed by atoms with E-state index in [-0.39, 0.29) is 23.9 Å². The molecular weight excluding hydrogens is 231 g/mol. The van der Waals surface area contributed by atoms with Crippen molar-refractivity contribution in [1.29, 1.82) is 0 Å². The lowest BCUT2D eigenvalue weighted by molar-refractivity contribution is 0.00415. The molecule has 18 heavy (non-hydrogen) atoms. The van der Waals surface area contributed by atoms with E-state index in [1.807, 2.05) is 6.07 Å². The van der Waals surface area contributed by atoms with Crippen LogP contribution in [0.4, 0.5) is 4.39 Å². The number of hydrogen-bond donors (Lipinski definition) is 1. The van der Waals surface area contributed by atoms with Crippen LogP contribution in [0.5, 0.6) is 0 Å². The van der Waals surface area contributed by atoms with Gasteiger partial charge in [0, 0.05) is 11.5 Å². The molecule has 1 aliphatic heterocycles. The molecule has 1 N–H and O–H groups in total. The van der Waals surface area contributed by atoms with Gasteiger partial charge in [-0.15, -0.1) is 0 Å². The average molecular weight is 244 g/mol. The van der Waals surface area contributed by atoms with Crippen LogP contribution in [0.3, 0.4) is 0 Å². The number of aliphatic hydroxyl groups excluding tert-OH is 1. The molecule has 1 fully saturated rings. The molecule has 4 rings (SSSR count). The van der Waals surface area contributed by atoms with Gasteiger partial charge in [-0.2, -0.15) is 0 Å². The highest BCUT2D eigenvalue weighted by atomic mass is 19.1. The number of fused-ring (bicyclic) bond motifs is 3. The van der Waals surface area contributed by atoms with Gasteiger partial charge in [0.25, 0.3) is 0 Å². The summed E-state index contributed by atoms with van der Waals surface area (Å²) in [6.45, 7) is 0. The SMILES string of the molecule is O[C@H]1CC[C@H]1[C@H]1c2ccc(F)cc2-c2cncn21. The third-order valence-corrected chi connectivity index (χ3v) is 4.27. The number of nitrogens with zero attached hydrogens (tertiary/aromatic N) is 2. The van der Waals surface area contributed by atoms with Gasteiger partial charge in [0.05, 0.1) is 30.4 Å². The van der Waals surface area contributed by atoms with E-state index in [0.717, 1.165) is 29.7 Å². The molecule has 2 aliphatic rings. The highest BCUT2D eigenvalue weighted by Gasteiger charge is 2.42. The first-order valence-electron chi connectivity index (χ1n) is 6.25. The Bertz CT molecular complexity index is 622. The lowest BCUT2D eigenvalue weighted by atomic mass is 9.74. The molecule has 0 unspecified atom stereocenters. The number of aromatic nitrogens is 2. The summed E-state index contributed by atoms with van der Waals surface area (Å²) in [6, 6.07) is 5.01. The smallest absolute Gasteiger partial charge is 0.123 e. The standard InChI is InChI=1S/C14H13FN2O/c15-8-1-2-9-11(5-8)12-6-16-7-17(12)14(9)10-3-4-13(10)18/h1-2,5-7,10,13-14,18H,3-4H2/t10-,13+,14-/m1/s1. The number of rotatable bonds is 1. The minimum absolute atomic E-state index is 0.113. The van der Waals surface area contributed by atoms with Crippen LogP contribution in [0, 0.1) is 11.7 Å². The van der Waals surface area contributed by atoms with Crippen molar-refractivity contribution in [3.63, 3.8) is 0 Å². The minimum atomic E-state index is -0.249. The molecular formula is C14H13FN2O. The summed E-state index contributed by atoms with van der Waals surface area (Å²) < 4.78 is 15.5. The largest absolute Gasteiger partial charge is 0.393 e. The van der Waals surface area contributed by atoms with Crippen LogP contribution >= 0.6 is 0 Å². The van der Waals surface area contributed by atoms with Gasteiger partial charge in [0.1, 0.15) is 5.82 Å². The molecule has 1 aromatic carbocycles. The first kappa shape index (κ1) is 10.3. The van der Waals surface area contributed by atoms with Crippen molar-refractivity contribution in [2.24, 2.45) is 5.92 Å². The van der Waals surface area contributed by atoms with E-state index in [4.69, 9.17) is 0 Å². The number of aliphatic hydroxyl groups is 1. The fourth-order valence-electron chi connectivity index (χ4n) is 3.21. The van der Waals surface area contributed by atoms with Gasteiger partial charge in [-0.25, -0.2) is 9.37 Å². The lowest BCUT2D eigenvalue weighted by Gasteiger charge is -2.38. The van der Waals surface area contributed by atoms with Crippen LogP contribution in [-0.4, -0.2) is 20.8 Å². The van der Waals surface area contributed by atoms with E-state index in [0.29, 0.717) is 0 Å². The van der Waals surface area contributed by atoms with Gasteiger partial charge in [0.15, 0.2) is 0 Å². The number of hydrogen-bond acceptors (Lipinski definition) is 2. The van der Waals surface area contributed by atoms with Gasteiger partial charge in [-0.05, 0) is 30.5 Å². The second-order valence-electron chi connectivity index (χ2n) is 5.17. The quantitative estimate of drug-likeness (QED) is 0.836. The van der Waals surface area contributed by atoms with Crippen molar-refractivity contribution < 1.29 is 9.50 Å². The second kappa shape index (κ2) is 3.42. The molecule has 1 aromatic heterocycles. The van der Waals surface area contributed by atoms with Crippen LogP contribution in [0.2, 0.25) is 0 Å². The van der Waals surface area contributed by atoms with Crippen LogP contribution in [-0.2, 0) is 0 Å². The van der Waals surface area contributed by atoms with Crippen LogP contribution < -0.4 is 0 Å². The Morgan fingerprint density at radius 2 is 2.22 bits per heavy atom. The van der Waals surface area contributed by atoms with Crippen molar-refractivity contribution in [3.8, 4) is 11.3 Å². The molecule has 92 valence electrons. The molecule has 0 saturated heterocycles. The molecule has 1 aliphatic carbocycles. The zero-order valence-electron chi connectivity index (χ0n) is 9.75. The molecule has 0 bridgehead atoms. The molecule has 0 amide bonds. The summed E-state index contributed by atoms with van der Waals surface area (Å²) in [5.74, 6) is 0.000897. The van der Waals surface area contributed by atoms with Crippen molar-refractivity contribution in [2.45, 2.75) is 25.0 Å². The van der Waals surface area contributed by atoms with E-state index in [9.17, 15) is 9.50 Å². The second-order valence-corrected chi connectivity index (χ2v) is 5.17. The zero-order chi connectivity index (χ0) is 12.3. The Kier molecular flexibility index (Phi) is 1.95. The molecule has 3 nitrogen and oxygen atoms in total. The molecule has 0 radical (unpaired) electrons. The Hall–Kier alpha value is -1.68. The summed E-state index contributed by atoms with van der Waals surface area (Å²) in [4.78, 5) is 4.15. The molecule has 1 saturated carbocycles. The third-order valence-electron chi connectivity index (χ3n) is 4.27. The number of benzene rings is 1. The van der Waals surface area contributed by atoms with E-state index in [1.165, 1.54) is 6.07 Å².